The van der Waals surface area contributed by atoms with Crippen LogP contribution in [-0.2, 0) is 6.54 Å². The van der Waals surface area contributed by atoms with Crippen molar-refractivity contribution in [1.82, 2.24) is 9.78 Å². The van der Waals surface area contributed by atoms with E-state index in [4.69, 9.17) is 5.73 Å². The molecule has 0 radical (unpaired) electrons. The largest absolute Gasteiger partial charge is 0.329 e. The zero-order valence-corrected chi connectivity index (χ0v) is 9.58. The van der Waals surface area contributed by atoms with Crippen molar-refractivity contribution < 1.29 is 0 Å². The van der Waals surface area contributed by atoms with E-state index in [1.165, 1.54) is 5.39 Å². The van der Waals surface area contributed by atoms with E-state index in [-0.39, 0.29) is 0 Å². The molecule has 3 nitrogen and oxygen atoms in total. The Bertz CT molecular complexity index is 462. The van der Waals surface area contributed by atoms with Crippen molar-refractivity contribution in [3.63, 3.8) is 0 Å². The summed E-state index contributed by atoms with van der Waals surface area (Å²) in [5.41, 5.74) is 7.72. The fourth-order valence-corrected chi connectivity index (χ4v) is 2.21. The van der Waals surface area contributed by atoms with Gasteiger partial charge in [0, 0.05) is 16.4 Å². The number of nitrogens with zero attached hydrogens (tertiary/aromatic N) is 2. The van der Waals surface area contributed by atoms with Crippen LogP contribution in [0.1, 0.15) is 5.69 Å². The smallest absolute Gasteiger partial charge is 0.0827 e. The molecule has 0 bridgehead atoms. The molecule has 0 aliphatic rings. The number of para-hydroxylation sites is 1. The second kappa shape index (κ2) is 3.71. The third kappa shape index (κ3) is 1.44. The van der Waals surface area contributed by atoms with Crippen molar-refractivity contribution in [1.29, 1.82) is 0 Å². The summed E-state index contributed by atoms with van der Waals surface area (Å²) < 4.78 is 3.03. The van der Waals surface area contributed by atoms with Gasteiger partial charge in [-0.25, -0.2) is 0 Å². The highest BCUT2D eigenvalue weighted by atomic mass is 79.9. The molecular weight excluding hydrogens is 242 g/mol. The Morgan fingerprint density at radius 1 is 1.50 bits per heavy atom. The predicted octanol–water partition coefficient (Wildman–Crippen LogP) is 2.07. The Labute approximate surface area is 91.0 Å². The van der Waals surface area contributed by atoms with E-state index in [0.29, 0.717) is 6.54 Å². The first-order valence-electron chi connectivity index (χ1n) is 4.55. The summed E-state index contributed by atoms with van der Waals surface area (Å²) >= 11 is 3.53. The highest BCUT2D eigenvalue weighted by molar-refractivity contribution is 9.10. The van der Waals surface area contributed by atoms with E-state index in [0.717, 1.165) is 22.2 Å². The molecule has 4 heteroatoms. The summed E-state index contributed by atoms with van der Waals surface area (Å²) in [5.74, 6) is 0. The number of hydrogen-bond donors (Lipinski definition) is 1. The van der Waals surface area contributed by atoms with E-state index >= 15 is 0 Å². The summed E-state index contributed by atoms with van der Waals surface area (Å²) in [5, 5.41) is 5.63. The average Bonchev–Trinajstić information content (AvgIpc) is 2.46. The number of nitrogens with two attached hydrogens (primary N) is 1. The Balaban J connectivity index is 2.72. The highest BCUT2D eigenvalue weighted by Gasteiger charge is 2.08. The molecule has 0 aliphatic heterocycles. The highest BCUT2D eigenvalue weighted by Crippen LogP contribution is 2.25. The molecule has 1 aromatic carbocycles. The molecule has 0 amide bonds. The zero-order chi connectivity index (χ0) is 10.1. The van der Waals surface area contributed by atoms with Crippen LogP contribution in [0, 0.1) is 6.92 Å². The number of fused-ring (bicyclic) bond motifs is 1. The van der Waals surface area contributed by atoms with Crippen LogP contribution < -0.4 is 5.73 Å². The number of rotatable bonds is 2. The summed E-state index contributed by atoms with van der Waals surface area (Å²) in [7, 11) is 0. The normalized spacial score (nSPS) is 11.1. The molecule has 0 spiro atoms. The van der Waals surface area contributed by atoms with Crippen LogP contribution in [0.25, 0.3) is 10.9 Å². The van der Waals surface area contributed by atoms with Crippen molar-refractivity contribution in [3.05, 3.63) is 28.4 Å². The molecule has 0 aliphatic carbocycles. The molecule has 0 atom stereocenters. The average molecular weight is 254 g/mol. The predicted molar refractivity (Wildman–Crippen MR) is 61.2 cm³/mol. The third-order valence-electron chi connectivity index (χ3n) is 2.25. The van der Waals surface area contributed by atoms with Crippen LogP contribution in [0.3, 0.4) is 0 Å². The minimum absolute atomic E-state index is 0.609. The first kappa shape index (κ1) is 9.68. The molecule has 1 heterocycles. The monoisotopic (exact) mass is 253 g/mol. The van der Waals surface area contributed by atoms with Gasteiger partial charge in [0.05, 0.1) is 17.8 Å². The van der Waals surface area contributed by atoms with Crippen molar-refractivity contribution >= 4 is 26.8 Å². The Morgan fingerprint density at radius 3 is 3.00 bits per heavy atom. The van der Waals surface area contributed by atoms with Crippen LogP contribution in [-0.4, -0.2) is 16.3 Å². The Kier molecular flexibility index (Phi) is 2.56. The lowest BCUT2D eigenvalue weighted by Gasteiger charge is -2.01. The first-order chi connectivity index (χ1) is 6.74. The molecule has 2 aromatic rings. The van der Waals surface area contributed by atoms with Crippen molar-refractivity contribution in [2.45, 2.75) is 13.5 Å². The van der Waals surface area contributed by atoms with Gasteiger partial charge in [-0.1, -0.05) is 12.1 Å². The maximum absolute atomic E-state index is 5.53. The van der Waals surface area contributed by atoms with Gasteiger partial charge in [-0.2, -0.15) is 5.10 Å². The first-order valence-corrected chi connectivity index (χ1v) is 5.35. The molecule has 0 saturated heterocycles. The number of aryl methyl sites for hydroxylation is 1. The number of aromatic nitrogens is 2. The van der Waals surface area contributed by atoms with Crippen molar-refractivity contribution in [3.8, 4) is 0 Å². The molecule has 0 unspecified atom stereocenters. The van der Waals surface area contributed by atoms with Gasteiger partial charge in [0.1, 0.15) is 0 Å². The van der Waals surface area contributed by atoms with E-state index in [1.807, 2.05) is 23.7 Å². The standard InChI is InChI=1S/C10H12BrN3/c1-7-8-3-2-4-9(11)10(8)14(13-7)6-5-12/h2-4H,5-6,12H2,1H3. The van der Waals surface area contributed by atoms with Crippen molar-refractivity contribution in [2.75, 3.05) is 6.54 Å². The van der Waals surface area contributed by atoms with Gasteiger partial charge >= 0.3 is 0 Å². The van der Waals surface area contributed by atoms with Gasteiger partial charge in [-0.05, 0) is 28.9 Å². The fraction of sp³-hybridized carbons (Fsp3) is 0.300. The van der Waals surface area contributed by atoms with Gasteiger partial charge in [-0.3, -0.25) is 4.68 Å². The third-order valence-corrected chi connectivity index (χ3v) is 2.89. The van der Waals surface area contributed by atoms with E-state index in [2.05, 4.69) is 27.1 Å². The number of halogens is 1. The lowest BCUT2D eigenvalue weighted by molar-refractivity contribution is 0.639. The van der Waals surface area contributed by atoms with E-state index < -0.39 is 0 Å². The Morgan fingerprint density at radius 2 is 2.29 bits per heavy atom. The minimum atomic E-state index is 0.609. The van der Waals surface area contributed by atoms with Crippen molar-refractivity contribution in [2.24, 2.45) is 5.73 Å². The zero-order valence-electron chi connectivity index (χ0n) is 8.00. The molecule has 74 valence electrons. The molecule has 14 heavy (non-hydrogen) atoms. The van der Waals surface area contributed by atoms with Crippen LogP contribution in [0.2, 0.25) is 0 Å². The molecule has 0 saturated carbocycles. The summed E-state index contributed by atoms with van der Waals surface area (Å²) in [6, 6.07) is 6.12. The maximum Gasteiger partial charge on any atom is 0.0827 e. The summed E-state index contributed by atoms with van der Waals surface area (Å²) in [4.78, 5) is 0. The fourth-order valence-electron chi connectivity index (χ4n) is 1.64. The Hall–Kier alpha value is -0.870. The SMILES string of the molecule is Cc1nn(CCN)c2c(Br)cccc12. The van der Waals surface area contributed by atoms with Crippen LogP contribution in [0.15, 0.2) is 22.7 Å². The molecule has 2 rings (SSSR count). The second-order valence-electron chi connectivity index (χ2n) is 3.23. The van der Waals surface area contributed by atoms with Crippen LogP contribution >= 0.6 is 15.9 Å². The maximum atomic E-state index is 5.53. The van der Waals surface area contributed by atoms with Gasteiger partial charge in [0.25, 0.3) is 0 Å². The molecule has 1 aromatic heterocycles. The lowest BCUT2D eigenvalue weighted by atomic mass is 10.2. The second-order valence-corrected chi connectivity index (χ2v) is 4.09. The van der Waals surface area contributed by atoms with Gasteiger partial charge in [0.15, 0.2) is 0 Å². The quantitative estimate of drug-likeness (QED) is 0.891. The number of benzene rings is 1. The molecule has 2 N–H and O–H groups in total. The van der Waals surface area contributed by atoms with Gasteiger partial charge < -0.3 is 5.73 Å². The van der Waals surface area contributed by atoms with Crippen LogP contribution in [0.5, 0.6) is 0 Å². The van der Waals surface area contributed by atoms with E-state index in [9.17, 15) is 0 Å². The number of hydrogen-bond acceptors (Lipinski definition) is 2. The molecular formula is C10H12BrN3. The topological polar surface area (TPSA) is 43.8 Å². The minimum Gasteiger partial charge on any atom is -0.329 e. The lowest BCUT2D eigenvalue weighted by Crippen LogP contribution is -2.11. The van der Waals surface area contributed by atoms with Gasteiger partial charge in [-0.15, -0.1) is 0 Å². The van der Waals surface area contributed by atoms with Gasteiger partial charge in [0.2, 0.25) is 0 Å². The summed E-state index contributed by atoms with van der Waals surface area (Å²) in [6.45, 7) is 3.38. The molecule has 0 fully saturated rings. The van der Waals surface area contributed by atoms with E-state index in [1.54, 1.807) is 0 Å². The summed E-state index contributed by atoms with van der Waals surface area (Å²) in [6.07, 6.45) is 0. The van der Waals surface area contributed by atoms with Crippen LogP contribution in [0.4, 0.5) is 0 Å².